The summed E-state index contributed by atoms with van der Waals surface area (Å²) in [7, 11) is -3.86. The van der Waals surface area contributed by atoms with Crippen molar-refractivity contribution in [3.8, 4) is 0 Å². The maximum absolute atomic E-state index is 12.7. The van der Waals surface area contributed by atoms with Crippen molar-refractivity contribution in [2.24, 2.45) is 0 Å². The highest BCUT2D eigenvalue weighted by Crippen LogP contribution is 2.31. The van der Waals surface area contributed by atoms with Gasteiger partial charge in [-0.3, -0.25) is 4.98 Å². The first-order valence-electron chi connectivity index (χ1n) is 6.42. The van der Waals surface area contributed by atoms with Crippen molar-refractivity contribution in [1.29, 1.82) is 0 Å². The van der Waals surface area contributed by atoms with Crippen LogP contribution in [0.3, 0.4) is 0 Å². The molecule has 8 heteroatoms. The fourth-order valence-corrected chi connectivity index (χ4v) is 3.19. The summed E-state index contributed by atoms with van der Waals surface area (Å²) in [6.45, 7) is 0. The minimum atomic E-state index is -4.50. The first-order chi connectivity index (χ1) is 10.8. The number of halogens is 3. The molecule has 0 aliphatic carbocycles. The highest BCUT2D eigenvalue weighted by Gasteiger charge is 2.31. The third kappa shape index (κ3) is 2.89. The lowest BCUT2D eigenvalue weighted by Crippen LogP contribution is -2.07. The van der Waals surface area contributed by atoms with Gasteiger partial charge in [-0.25, -0.2) is 13.4 Å². The van der Waals surface area contributed by atoms with Crippen molar-refractivity contribution >= 4 is 20.9 Å². The van der Waals surface area contributed by atoms with Crippen LogP contribution in [-0.4, -0.2) is 18.4 Å². The Morgan fingerprint density at radius 3 is 2.26 bits per heavy atom. The Morgan fingerprint density at radius 2 is 1.61 bits per heavy atom. The molecule has 0 radical (unpaired) electrons. The van der Waals surface area contributed by atoms with E-state index in [0.717, 1.165) is 24.4 Å². The van der Waals surface area contributed by atoms with Crippen molar-refractivity contribution in [1.82, 2.24) is 9.97 Å². The van der Waals surface area contributed by atoms with E-state index in [9.17, 15) is 21.6 Å². The molecule has 1 heterocycles. The van der Waals surface area contributed by atoms with Gasteiger partial charge in [-0.15, -0.1) is 0 Å². The molecule has 0 fully saturated rings. The summed E-state index contributed by atoms with van der Waals surface area (Å²) >= 11 is 0. The third-order valence-corrected chi connectivity index (χ3v) is 4.82. The van der Waals surface area contributed by atoms with E-state index in [0.29, 0.717) is 0 Å². The quantitative estimate of drug-likeness (QED) is 0.718. The van der Waals surface area contributed by atoms with E-state index in [1.54, 1.807) is 18.2 Å². The number of nitrogens with zero attached hydrogens (tertiary/aromatic N) is 2. The monoisotopic (exact) mass is 338 g/mol. The molecule has 118 valence electrons. The van der Waals surface area contributed by atoms with Crippen molar-refractivity contribution in [3.05, 3.63) is 60.3 Å². The number of alkyl halides is 3. The smallest absolute Gasteiger partial charge is 0.252 e. The fourth-order valence-electron chi connectivity index (χ4n) is 2.02. The molecule has 0 amide bonds. The number of hydrogen-bond acceptors (Lipinski definition) is 4. The average Bonchev–Trinajstić information content (AvgIpc) is 2.54. The molecule has 1 aromatic heterocycles. The summed E-state index contributed by atoms with van der Waals surface area (Å²) in [4.78, 5) is 7.78. The van der Waals surface area contributed by atoms with Crippen LogP contribution in [0.4, 0.5) is 13.2 Å². The highest BCUT2D eigenvalue weighted by atomic mass is 32.2. The van der Waals surface area contributed by atoms with Gasteiger partial charge in [0.15, 0.2) is 5.03 Å². The van der Waals surface area contributed by atoms with Crippen LogP contribution in [0.25, 0.3) is 11.0 Å². The lowest BCUT2D eigenvalue weighted by Gasteiger charge is -2.08. The van der Waals surface area contributed by atoms with Crippen molar-refractivity contribution in [3.63, 3.8) is 0 Å². The minimum absolute atomic E-state index is 0.0214. The zero-order valence-electron chi connectivity index (χ0n) is 11.4. The molecule has 0 spiro atoms. The predicted molar refractivity (Wildman–Crippen MR) is 76.4 cm³/mol. The third-order valence-electron chi connectivity index (χ3n) is 3.18. The van der Waals surface area contributed by atoms with E-state index in [-0.39, 0.29) is 21.0 Å². The van der Waals surface area contributed by atoms with Crippen LogP contribution in [0, 0.1) is 0 Å². The molecule has 0 bridgehead atoms. The van der Waals surface area contributed by atoms with Gasteiger partial charge in [0.2, 0.25) is 9.84 Å². The normalized spacial score (nSPS) is 12.5. The number of sulfone groups is 1. The SMILES string of the molecule is O=S(=O)(c1ccccc1)c1cnc2cc(C(F)(F)F)ccc2n1. The minimum Gasteiger partial charge on any atom is -0.252 e. The summed E-state index contributed by atoms with van der Waals surface area (Å²) in [6, 6.07) is 10.4. The van der Waals surface area contributed by atoms with E-state index in [1.165, 1.54) is 12.1 Å². The van der Waals surface area contributed by atoms with Crippen LogP contribution >= 0.6 is 0 Å². The van der Waals surface area contributed by atoms with E-state index < -0.39 is 21.6 Å². The maximum atomic E-state index is 12.7. The predicted octanol–water partition coefficient (Wildman–Crippen LogP) is 3.48. The van der Waals surface area contributed by atoms with Crippen LogP contribution in [-0.2, 0) is 16.0 Å². The van der Waals surface area contributed by atoms with Gasteiger partial charge in [0.05, 0.1) is 27.7 Å². The Balaban J connectivity index is 2.11. The molecule has 0 aliphatic rings. The van der Waals surface area contributed by atoms with Gasteiger partial charge in [0.1, 0.15) is 0 Å². The molecule has 23 heavy (non-hydrogen) atoms. The van der Waals surface area contributed by atoms with Gasteiger partial charge in [0, 0.05) is 0 Å². The molecule has 0 saturated heterocycles. The fraction of sp³-hybridized carbons (Fsp3) is 0.0667. The van der Waals surface area contributed by atoms with Crippen LogP contribution in [0.2, 0.25) is 0 Å². The van der Waals surface area contributed by atoms with Crippen LogP contribution < -0.4 is 0 Å². The number of benzene rings is 2. The van der Waals surface area contributed by atoms with Crippen LogP contribution in [0.5, 0.6) is 0 Å². The van der Waals surface area contributed by atoms with Crippen LogP contribution in [0.15, 0.2) is 64.6 Å². The first kappa shape index (κ1) is 15.4. The molecule has 3 aromatic rings. The van der Waals surface area contributed by atoms with E-state index in [1.807, 2.05) is 0 Å². The van der Waals surface area contributed by atoms with Gasteiger partial charge in [-0.2, -0.15) is 13.2 Å². The van der Waals surface area contributed by atoms with E-state index in [2.05, 4.69) is 9.97 Å². The second kappa shape index (κ2) is 5.31. The molecular formula is C15H9F3N2O2S. The Bertz CT molecular complexity index is 971. The summed E-state index contributed by atoms with van der Waals surface area (Å²) in [5.74, 6) is 0. The Hall–Kier alpha value is -2.48. The highest BCUT2D eigenvalue weighted by molar-refractivity contribution is 7.91. The topological polar surface area (TPSA) is 59.9 Å². The molecular weight excluding hydrogens is 329 g/mol. The zero-order chi connectivity index (χ0) is 16.7. The van der Waals surface area contributed by atoms with Crippen molar-refractivity contribution < 1.29 is 21.6 Å². The molecule has 0 N–H and O–H groups in total. The van der Waals surface area contributed by atoms with Gasteiger partial charge in [-0.1, -0.05) is 18.2 Å². The summed E-state index contributed by atoms with van der Waals surface area (Å²) in [5.41, 5.74) is -0.806. The first-order valence-corrected chi connectivity index (χ1v) is 7.91. The summed E-state index contributed by atoms with van der Waals surface area (Å²) < 4.78 is 62.8. The number of aromatic nitrogens is 2. The standard InChI is InChI=1S/C15H9F3N2O2S/c16-15(17,18)10-6-7-12-13(8-10)19-9-14(20-12)23(21,22)11-4-2-1-3-5-11/h1-9H. The molecule has 0 saturated carbocycles. The largest absolute Gasteiger partial charge is 0.416 e. The zero-order valence-corrected chi connectivity index (χ0v) is 12.3. The van der Waals surface area contributed by atoms with E-state index >= 15 is 0 Å². The summed E-state index contributed by atoms with van der Waals surface area (Å²) in [6.07, 6.45) is -3.53. The Morgan fingerprint density at radius 1 is 0.913 bits per heavy atom. The van der Waals surface area contributed by atoms with Crippen LogP contribution in [0.1, 0.15) is 5.56 Å². The second-order valence-electron chi connectivity index (χ2n) is 4.73. The Kier molecular flexibility index (Phi) is 3.56. The number of hydrogen-bond donors (Lipinski definition) is 0. The maximum Gasteiger partial charge on any atom is 0.416 e. The molecule has 2 aromatic carbocycles. The molecule has 4 nitrogen and oxygen atoms in total. The van der Waals surface area contributed by atoms with Crippen molar-refractivity contribution in [2.45, 2.75) is 16.1 Å². The summed E-state index contributed by atoms with van der Waals surface area (Å²) in [5, 5.41) is -0.309. The lowest BCUT2D eigenvalue weighted by atomic mass is 10.2. The molecule has 0 aliphatic heterocycles. The number of fused-ring (bicyclic) bond motifs is 1. The van der Waals surface area contributed by atoms with Gasteiger partial charge in [-0.05, 0) is 30.3 Å². The second-order valence-corrected chi connectivity index (χ2v) is 6.62. The van der Waals surface area contributed by atoms with E-state index in [4.69, 9.17) is 0 Å². The Labute approximate surface area is 129 Å². The lowest BCUT2D eigenvalue weighted by molar-refractivity contribution is -0.137. The molecule has 0 unspecified atom stereocenters. The van der Waals surface area contributed by atoms with Gasteiger partial charge < -0.3 is 0 Å². The van der Waals surface area contributed by atoms with Gasteiger partial charge >= 0.3 is 6.18 Å². The number of rotatable bonds is 2. The molecule has 3 rings (SSSR count). The van der Waals surface area contributed by atoms with Crippen molar-refractivity contribution in [2.75, 3.05) is 0 Å². The van der Waals surface area contributed by atoms with Gasteiger partial charge in [0.25, 0.3) is 0 Å². The average molecular weight is 338 g/mol. The molecule has 0 atom stereocenters.